The van der Waals surface area contributed by atoms with E-state index in [1.807, 2.05) is 25.1 Å². The number of carbonyl (C=O) groups excluding carboxylic acids is 1. The number of halogens is 1. The average Bonchev–Trinajstić information content (AvgIpc) is 3.20. The van der Waals surface area contributed by atoms with Crippen molar-refractivity contribution in [2.75, 3.05) is 18.4 Å². The van der Waals surface area contributed by atoms with Crippen LogP contribution >= 0.6 is 12.4 Å². The van der Waals surface area contributed by atoms with Crippen molar-refractivity contribution in [3.8, 4) is 5.69 Å². The molecule has 0 saturated carbocycles. The minimum absolute atomic E-state index is 0. The maximum Gasteiger partial charge on any atom is 0.224 e. The van der Waals surface area contributed by atoms with E-state index in [1.54, 1.807) is 11.0 Å². The Bertz CT molecular complexity index is 639. The summed E-state index contributed by atoms with van der Waals surface area (Å²) in [5.41, 5.74) is 2.68. The lowest BCUT2D eigenvalue weighted by Crippen LogP contribution is -2.15. The number of rotatable bonds is 5. The Morgan fingerprint density at radius 2 is 2.35 bits per heavy atom. The molecule has 1 aromatic carbocycles. The summed E-state index contributed by atoms with van der Waals surface area (Å²) in [6, 6.07) is 5.74. The highest BCUT2D eigenvalue weighted by molar-refractivity contribution is 5.91. The Balaban J connectivity index is 0.00000192. The number of amides is 1. The molecule has 0 radical (unpaired) electrons. The summed E-state index contributed by atoms with van der Waals surface area (Å²) in [4.78, 5) is 12.1. The Morgan fingerprint density at radius 1 is 1.48 bits per heavy atom. The number of nitrogens with zero attached hydrogens (tertiary/aromatic N) is 4. The molecule has 1 amide bonds. The Labute approximate surface area is 141 Å². The van der Waals surface area contributed by atoms with Gasteiger partial charge in [0.15, 0.2) is 0 Å². The molecule has 2 aromatic rings. The topological polar surface area (TPSA) is 84.7 Å². The van der Waals surface area contributed by atoms with Gasteiger partial charge in [0.2, 0.25) is 5.91 Å². The van der Waals surface area contributed by atoms with Crippen molar-refractivity contribution in [3.05, 3.63) is 30.1 Å². The lowest BCUT2D eigenvalue weighted by molar-refractivity contribution is -0.116. The average molecular weight is 337 g/mol. The molecule has 8 heteroatoms. The van der Waals surface area contributed by atoms with Crippen LogP contribution in [-0.2, 0) is 4.79 Å². The van der Waals surface area contributed by atoms with Gasteiger partial charge in [-0.1, -0.05) is 6.07 Å². The third-order valence-electron chi connectivity index (χ3n) is 4.03. The highest BCUT2D eigenvalue weighted by Gasteiger charge is 2.16. The Morgan fingerprint density at radius 3 is 3.04 bits per heavy atom. The number of carbonyl (C=O) groups is 1. The van der Waals surface area contributed by atoms with Gasteiger partial charge < -0.3 is 10.6 Å². The van der Waals surface area contributed by atoms with E-state index in [0.29, 0.717) is 12.3 Å². The first-order valence-corrected chi connectivity index (χ1v) is 7.57. The SMILES string of the molecule is Cc1ccc(NC(=O)CCC2CCNC2)cc1-n1cnnn1.Cl. The second-order valence-electron chi connectivity index (χ2n) is 5.70. The molecule has 0 aliphatic carbocycles. The van der Waals surface area contributed by atoms with Crippen LogP contribution in [0.5, 0.6) is 0 Å². The quantitative estimate of drug-likeness (QED) is 0.868. The lowest BCUT2D eigenvalue weighted by Gasteiger charge is -2.11. The fourth-order valence-electron chi connectivity index (χ4n) is 2.73. The molecule has 1 unspecified atom stereocenters. The van der Waals surface area contributed by atoms with Gasteiger partial charge in [-0.05, 0) is 66.9 Å². The van der Waals surface area contributed by atoms with Crippen LogP contribution in [0.1, 0.15) is 24.8 Å². The van der Waals surface area contributed by atoms with E-state index >= 15 is 0 Å². The molecular weight excluding hydrogens is 316 g/mol. The van der Waals surface area contributed by atoms with E-state index in [2.05, 4.69) is 26.2 Å². The van der Waals surface area contributed by atoms with Gasteiger partial charge in [-0.15, -0.1) is 17.5 Å². The standard InChI is InChI=1S/C15H20N6O.ClH/c1-11-2-4-13(8-14(11)21-10-17-19-20-21)18-15(22)5-3-12-6-7-16-9-12;/h2,4,8,10,12,16H,3,5-7,9H2,1H3,(H,18,22);1H. The molecule has 1 atom stereocenters. The van der Waals surface area contributed by atoms with E-state index in [9.17, 15) is 4.79 Å². The largest absolute Gasteiger partial charge is 0.326 e. The first-order chi connectivity index (χ1) is 10.7. The molecule has 2 N–H and O–H groups in total. The van der Waals surface area contributed by atoms with Gasteiger partial charge >= 0.3 is 0 Å². The minimum Gasteiger partial charge on any atom is -0.326 e. The molecular formula is C15H21ClN6O. The summed E-state index contributed by atoms with van der Waals surface area (Å²) in [6.45, 7) is 4.08. The van der Waals surface area contributed by atoms with Crippen LogP contribution < -0.4 is 10.6 Å². The minimum atomic E-state index is 0. The molecule has 0 bridgehead atoms. The third-order valence-corrected chi connectivity index (χ3v) is 4.03. The highest BCUT2D eigenvalue weighted by Crippen LogP contribution is 2.19. The van der Waals surface area contributed by atoms with Crippen molar-refractivity contribution in [2.24, 2.45) is 5.92 Å². The number of hydrogen-bond acceptors (Lipinski definition) is 5. The number of hydrogen-bond donors (Lipinski definition) is 2. The zero-order valence-electron chi connectivity index (χ0n) is 13.0. The maximum absolute atomic E-state index is 12.1. The van der Waals surface area contributed by atoms with E-state index < -0.39 is 0 Å². The van der Waals surface area contributed by atoms with Crippen LogP contribution in [0.15, 0.2) is 24.5 Å². The Kier molecular flexibility index (Phi) is 6.06. The number of aromatic nitrogens is 4. The first-order valence-electron chi connectivity index (χ1n) is 7.57. The van der Waals surface area contributed by atoms with Crippen molar-refractivity contribution >= 4 is 24.0 Å². The smallest absolute Gasteiger partial charge is 0.224 e. The molecule has 1 aromatic heterocycles. The molecule has 1 aliphatic heterocycles. The molecule has 124 valence electrons. The van der Waals surface area contributed by atoms with Crippen molar-refractivity contribution in [1.82, 2.24) is 25.5 Å². The highest BCUT2D eigenvalue weighted by atomic mass is 35.5. The molecule has 1 aliphatic rings. The molecule has 0 spiro atoms. The summed E-state index contributed by atoms with van der Waals surface area (Å²) in [7, 11) is 0. The fraction of sp³-hybridized carbons (Fsp3) is 0.467. The third kappa shape index (κ3) is 4.49. The summed E-state index contributed by atoms with van der Waals surface area (Å²) < 4.78 is 1.59. The van der Waals surface area contributed by atoms with Crippen LogP contribution in [0.4, 0.5) is 5.69 Å². The summed E-state index contributed by atoms with van der Waals surface area (Å²) >= 11 is 0. The van der Waals surface area contributed by atoms with Crippen molar-refractivity contribution in [2.45, 2.75) is 26.2 Å². The molecule has 1 saturated heterocycles. The van der Waals surface area contributed by atoms with Crippen LogP contribution in [-0.4, -0.2) is 39.2 Å². The maximum atomic E-state index is 12.1. The number of nitrogens with one attached hydrogen (secondary N) is 2. The number of anilines is 1. The molecule has 23 heavy (non-hydrogen) atoms. The number of aryl methyl sites for hydroxylation is 1. The monoisotopic (exact) mass is 336 g/mol. The van der Waals surface area contributed by atoms with Gasteiger partial charge in [-0.3, -0.25) is 4.79 Å². The zero-order valence-corrected chi connectivity index (χ0v) is 13.8. The van der Waals surface area contributed by atoms with E-state index in [0.717, 1.165) is 36.4 Å². The Hall–Kier alpha value is -1.99. The van der Waals surface area contributed by atoms with Crippen molar-refractivity contribution in [1.29, 1.82) is 0 Å². The molecule has 3 rings (SSSR count). The number of benzene rings is 1. The normalized spacial score (nSPS) is 16.8. The second kappa shape index (κ2) is 8.03. The predicted molar refractivity (Wildman–Crippen MR) is 90.0 cm³/mol. The lowest BCUT2D eigenvalue weighted by atomic mass is 10.0. The fourth-order valence-corrected chi connectivity index (χ4v) is 2.73. The van der Waals surface area contributed by atoms with Gasteiger partial charge in [0.05, 0.1) is 5.69 Å². The summed E-state index contributed by atoms with van der Waals surface area (Å²) in [6.07, 6.45) is 4.20. The van der Waals surface area contributed by atoms with Crippen molar-refractivity contribution < 1.29 is 4.79 Å². The van der Waals surface area contributed by atoms with Crippen LogP contribution in [0.3, 0.4) is 0 Å². The second-order valence-corrected chi connectivity index (χ2v) is 5.70. The summed E-state index contributed by atoms with van der Waals surface area (Å²) in [5, 5.41) is 17.5. The van der Waals surface area contributed by atoms with E-state index in [-0.39, 0.29) is 18.3 Å². The van der Waals surface area contributed by atoms with Crippen molar-refractivity contribution in [3.63, 3.8) is 0 Å². The molecule has 1 fully saturated rings. The summed E-state index contributed by atoms with van der Waals surface area (Å²) in [5.74, 6) is 0.680. The van der Waals surface area contributed by atoms with Gasteiger partial charge in [-0.25, -0.2) is 4.68 Å². The van der Waals surface area contributed by atoms with E-state index in [1.165, 1.54) is 6.42 Å². The first kappa shape index (κ1) is 17.4. The number of tetrazole rings is 1. The van der Waals surface area contributed by atoms with Gasteiger partial charge in [0.25, 0.3) is 0 Å². The van der Waals surface area contributed by atoms with Crippen LogP contribution in [0.25, 0.3) is 5.69 Å². The molecule has 2 heterocycles. The van der Waals surface area contributed by atoms with Gasteiger partial charge in [-0.2, -0.15) is 0 Å². The van der Waals surface area contributed by atoms with Gasteiger partial charge in [0.1, 0.15) is 6.33 Å². The predicted octanol–water partition coefficient (Wildman–Crippen LogP) is 1.72. The van der Waals surface area contributed by atoms with Crippen LogP contribution in [0.2, 0.25) is 0 Å². The zero-order chi connectivity index (χ0) is 15.4. The van der Waals surface area contributed by atoms with Crippen LogP contribution in [0, 0.1) is 12.8 Å². The van der Waals surface area contributed by atoms with Gasteiger partial charge in [0, 0.05) is 12.1 Å². The molecule has 7 nitrogen and oxygen atoms in total. The van der Waals surface area contributed by atoms with E-state index in [4.69, 9.17) is 0 Å².